The van der Waals surface area contributed by atoms with Crippen LogP contribution in [0.1, 0.15) is 28.9 Å². The number of likely N-dealkylation sites (N-methyl/N-ethyl adjacent to an activating group) is 1. The first-order valence-electron chi connectivity index (χ1n) is 10.6. The Morgan fingerprint density at radius 2 is 2.00 bits per heavy atom. The third-order valence-electron chi connectivity index (χ3n) is 5.86. The number of Topliss-reactive ketones (excluding diaryl/α,β-unsaturated/α-hetero) is 1. The van der Waals surface area contributed by atoms with Crippen molar-refractivity contribution in [2.75, 3.05) is 26.4 Å². The molecule has 0 radical (unpaired) electrons. The molecule has 0 saturated carbocycles. The summed E-state index contributed by atoms with van der Waals surface area (Å²) in [6.45, 7) is 5.63. The van der Waals surface area contributed by atoms with Gasteiger partial charge in [0.05, 0.1) is 11.4 Å². The lowest BCUT2D eigenvalue weighted by atomic mass is 9.90. The minimum absolute atomic E-state index is 0.107. The van der Waals surface area contributed by atoms with Gasteiger partial charge in [0, 0.05) is 48.4 Å². The van der Waals surface area contributed by atoms with Crippen LogP contribution in [0.4, 0.5) is 0 Å². The van der Waals surface area contributed by atoms with Crippen molar-refractivity contribution in [3.05, 3.63) is 72.5 Å². The Labute approximate surface area is 190 Å². The van der Waals surface area contributed by atoms with Crippen molar-refractivity contribution in [3.63, 3.8) is 0 Å². The molecule has 2 aliphatic rings. The standard InChI is InChI=1S/C25H29N5OS/c1-18-15-22(21-12-13-26-17-27-21)28-25(29(18)2)30-14-8-9-19(16-30)24(31)20-10-6-7-11-23(20)32(3,4)5/h6-7,10-13,15,17,19H,1,3-4,8-9,14,16H2,2,5H3. The van der Waals surface area contributed by atoms with Crippen LogP contribution in [0.2, 0.25) is 0 Å². The Morgan fingerprint density at radius 3 is 2.72 bits per heavy atom. The van der Waals surface area contributed by atoms with Crippen molar-refractivity contribution < 1.29 is 4.79 Å². The molecule has 0 bridgehead atoms. The summed E-state index contributed by atoms with van der Waals surface area (Å²) in [5, 5.41) is 0. The van der Waals surface area contributed by atoms with E-state index in [-0.39, 0.29) is 11.7 Å². The van der Waals surface area contributed by atoms with Crippen LogP contribution in [-0.2, 0) is 0 Å². The zero-order valence-electron chi connectivity index (χ0n) is 18.7. The number of aliphatic imine (C=N–C) groups is 1. The SMILES string of the molecule is C=C1C=C(c2ccncn2)N=C(N2CCCC(C(=O)c3ccccc3S(=C)(=C)C)C2)N1C. The first-order valence-corrected chi connectivity index (χ1v) is 13.0. The molecule has 0 N–H and O–H groups in total. The molecule has 2 aromatic rings. The molecule has 6 nitrogen and oxygen atoms in total. The summed E-state index contributed by atoms with van der Waals surface area (Å²) in [6.07, 6.45) is 8.93. The van der Waals surface area contributed by atoms with E-state index in [2.05, 4.69) is 33.2 Å². The number of piperidine rings is 1. The van der Waals surface area contributed by atoms with E-state index in [1.165, 1.54) is 6.33 Å². The van der Waals surface area contributed by atoms with Crippen molar-refractivity contribution >= 4 is 38.4 Å². The third kappa shape index (κ3) is 4.39. The largest absolute Gasteiger partial charge is 0.341 e. The first kappa shape index (κ1) is 22.0. The van der Waals surface area contributed by atoms with E-state index in [4.69, 9.17) is 4.99 Å². The van der Waals surface area contributed by atoms with Gasteiger partial charge < -0.3 is 9.80 Å². The van der Waals surface area contributed by atoms with Gasteiger partial charge in [-0.3, -0.25) is 4.79 Å². The highest BCUT2D eigenvalue weighted by Crippen LogP contribution is 2.34. The number of nitrogens with zero attached hydrogens (tertiary/aromatic N) is 5. The fraction of sp³-hybridized carbons (Fsp3) is 0.280. The van der Waals surface area contributed by atoms with Crippen molar-refractivity contribution in [1.82, 2.24) is 19.8 Å². The smallest absolute Gasteiger partial charge is 0.206 e. The summed E-state index contributed by atoms with van der Waals surface area (Å²) in [7, 11) is 0.451. The summed E-state index contributed by atoms with van der Waals surface area (Å²) in [6, 6.07) is 9.62. The zero-order valence-corrected chi connectivity index (χ0v) is 19.5. The minimum atomic E-state index is -1.50. The van der Waals surface area contributed by atoms with Gasteiger partial charge in [-0.25, -0.2) is 15.0 Å². The van der Waals surface area contributed by atoms with Crippen molar-refractivity contribution in [2.24, 2.45) is 10.9 Å². The Bertz CT molecular complexity index is 1210. The topological polar surface area (TPSA) is 61.7 Å². The number of carbonyl (C=O) groups excluding carboxylic acids is 1. The highest BCUT2D eigenvalue weighted by molar-refractivity contribution is 8.27. The molecule has 2 aliphatic heterocycles. The lowest BCUT2D eigenvalue weighted by Gasteiger charge is -2.39. The lowest BCUT2D eigenvalue weighted by Crippen LogP contribution is -2.48. The van der Waals surface area contributed by atoms with Gasteiger partial charge in [0.1, 0.15) is 6.33 Å². The molecule has 0 aliphatic carbocycles. The van der Waals surface area contributed by atoms with E-state index < -0.39 is 9.21 Å². The van der Waals surface area contributed by atoms with Crippen LogP contribution >= 0.6 is 9.21 Å². The van der Waals surface area contributed by atoms with E-state index in [1.807, 2.05) is 54.6 Å². The van der Waals surface area contributed by atoms with Gasteiger partial charge in [-0.1, -0.05) is 36.5 Å². The maximum absolute atomic E-state index is 13.6. The second-order valence-corrected chi connectivity index (χ2v) is 11.5. The predicted octanol–water partition coefficient (Wildman–Crippen LogP) is 3.88. The molecular weight excluding hydrogens is 418 g/mol. The quantitative estimate of drug-likeness (QED) is 0.526. The lowest BCUT2D eigenvalue weighted by molar-refractivity contribution is 0.0859. The number of hydrogen-bond donors (Lipinski definition) is 0. The Kier molecular flexibility index (Phi) is 6.02. The molecule has 1 aromatic carbocycles. The summed E-state index contributed by atoms with van der Waals surface area (Å²) >= 11 is 0. The number of rotatable bonds is 4. The van der Waals surface area contributed by atoms with Crippen LogP contribution in [0, 0.1) is 5.92 Å². The average Bonchev–Trinajstić information content (AvgIpc) is 2.80. The van der Waals surface area contributed by atoms with E-state index >= 15 is 0 Å². The first-order chi connectivity index (χ1) is 15.3. The summed E-state index contributed by atoms with van der Waals surface area (Å²) in [5.41, 5.74) is 3.08. The minimum Gasteiger partial charge on any atom is -0.341 e. The highest BCUT2D eigenvalue weighted by atomic mass is 32.2. The van der Waals surface area contributed by atoms with E-state index in [1.54, 1.807) is 6.20 Å². The van der Waals surface area contributed by atoms with Crippen molar-refractivity contribution in [2.45, 2.75) is 17.7 Å². The zero-order chi connectivity index (χ0) is 22.9. The summed E-state index contributed by atoms with van der Waals surface area (Å²) in [5.74, 6) is 9.31. The van der Waals surface area contributed by atoms with Gasteiger partial charge in [0.2, 0.25) is 5.96 Å². The number of guanidine groups is 1. The molecule has 166 valence electrons. The fourth-order valence-corrected chi connectivity index (χ4v) is 5.25. The van der Waals surface area contributed by atoms with Crippen LogP contribution in [-0.4, -0.2) is 69.6 Å². The second kappa shape index (κ2) is 8.74. The van der Waals surface area contributed by atoms with Crippen LogP contribution in [0.25, 0.3) is 5.70 Å². The average molecular weight is 448 g/mol. The number of aromatic nitrogens is 2. The molecule has 7 heteroatoms. The molecule has 1 fully saturated rings. The van der Waals surface area contributed by atoms with Crippen molar-refractivity contribution in [1.29, 1.82) is 0 Å². The van der Waals surface area contributed by atoms with Crippen LogP contribution in [0.15, 0.2) is 71.1 Å². The number of hydrogen-bond acceptors (Lipinski definition) is 6. The third-order valence-corrected chi connectivity index (χ3v) is 7.28. The molecule has 3 heterocycles. The Balaban J connectivity index is 1.62. The maximum atomic E-state index is 13.6. The summed E-state index contributed by atoms with van der Waals surface area (Å²) < 4.78 is 0. The number of ketones is 1. The van der Waals surface area contributed by atoms with Gasteiger partial charge in [-0.15, -0.1) is 0 Å². The second-order valence-electron chi connectivity index (χ2n) is 8.51. The van der Waals surface area contributed by atoms with E-state index in [0.29, 0.717) is 6.54 Å². The van der Waals surface area contributed by atoms with Crippen LogP contribution in [0.3, 0.4) is 0 Å². The van der Waals surface area contributed by atoms with E-state index in [9.17, 15) is 4.79 Å². The molecule has 0 amide bonds. The Morgan fingerprint density at radius 1 is 1.22 bits per heavy atom. The molecule has 32 heavy (non-hydrogen) atoms. The molecular formula is C25H29N5OS. The maximum Gasteiger partial charge on any atom is 0.206 e. The molecule has 1 aromatic heterocycles. The monoisotopic (exact) mass is 447 g/mol. The van der Waals surface area contributed by atoms with Gasteiger partial charge >= 0.3 is 0 Å². The summed E-state index contributed by atoms with van der Waals surface area (Å²) in [4.78, 5) is 31.9. The highest BCUT2D eigenvalue weighted by Gasteiger charge is 2.32. The molecule has 1 atom stereocenters. The predicted molar refractivity (Wildman–Crippen MR) is 135 cm³/mol. The van der Waals surface area contributed by atoms with Gasteiger partial charge in [-0.05, 0) is 37.3 Å². The van der Waals surface area contributed by atoms with Crippen LogP contribution < -0.4 is 0 Å². The number of carbonyl (C=O) groups is 1. The van der Waals surface area contributed by atoms with Gasteiger partial charge in [0.25, 0.3) is 0 Å². The Hall–Kier alpha value is -3.19. The number of allylic oxidation sites excluding steroid dienone is 1. The number of likely N-dealkylation sites (tertiary alicyclic amines) is 1. The van der Waals surface area contributed by atoms with Gasteiger partial charge in [0.15, 0.2) is 5.78 Å². The van der Waals surface area contributed by atoms with Crippen molar-refractivity contribution in [3.8, 4) is 0 Å². The normalized spacial score (nSPS) is 19.4. The molecule has 1 saturated heterocycles. The van der Waals surface area contributed by atoms with E-state index in [0.717, 1.165) is 52.9 Å². The molecule has 1 unspecified atom stereocenters. The van der Waals surface area contributed by atoms with Crippen LogP contribution in [0.5, 0.6) is 0 Å². The van der Waals surface area contributed by atoms with Gasteiger partial charge in [-0.2, -0.15) is 9.21 Å². The molecule has 0 spiro atoms. The molecule has 4 rings (SSSR count). The fourth-order valence-electron chi connectivity index (χ4n) is 4.15. The number of benzene rings is 1.